The van der Waals surface area contributed by atoms with Crippen molar-refractivity contribution in [2.45, 2.75) is 46.1 Å². The summed E-state index contributed by atoms with van der Waals surface area (Å²) in [4.78, 5) is 0. The molecule has 1 rings (SSSR count). The largest absolute Gasteiger partial charge is 0.318 e. The zero-order valence-electron chi connectivity index (χ0n) is 13.6. The van der Waals surface area contributed by atoms with E-state index in [2.05, 4.69) is 56.2 Å². The molecular formula is C18H30N2. The average Bonchev–Trinajstić information content (AvgIpc) is 2.45. The molecule has 0 aliphatic heterocycles. The van der Waals surface area contributed by atoms with Crippen LogP contribution in [-0.2, 0) is 6.42 Å². The fourth-order valence-corrected chi connectivity index (χ4v) is 2.35. The van der Waals surface area contributed by atoms with Gasteiger partial charge in [0.05, 0.1) is 0 Å². The lowest BCUT2D eigenvalue weighted by Crippen LogP contribution is -2.32. The first-order valence-electron chi connectivity index (χ1n) is 7.74. The van der Waals surface area contributed by atoms with E-state index in [1.807, 2.05) is 7.05 Å². The average molecular weight is 274 g/mol. The van der Waals surface area contributed by atoms with E-state index in [0.717, 1.165) is 32.4 Å². The first-order chi connectivity index (χ1) is 9.58. The summed E-state index contributed by atoms with van der Waals surface area (Å²) in [5.74, 6) is 0. The molecule has 20 heavy (non-hydrogen) atoms. The Morgan fingerprint density at radius 3 is 2.70 bits per heavy atom. The first kappa shape index (κ1) is 16.9. The van der Waals surface area contributed by atoms with Gasteiger partial charge in [-0.2, -0.15) is 0 Å². The lowest BCUT2D eigenvalue weighted by molar-refractivity contribution is 0.510. The van der Waals surface area contributed by atoms with E-state index in [-0.39, 0.29) is 0 Å². The van der Waals surface area contributed by atoms with Gasteiger partial charge in [-0.3, -0.25) is 0 Å². The standard InChI is InChI=1S/C18H30N2/c1-6-15(3)18-13-14(2)7-9-17(18)10-8-16(4)20-12-11-19-5/h7,9,13,16,19-20H,3,6,8,10-12H2,1-2,4-5H3. The fourth-order valence-electron chi connectivity index (χ4n) is 2.35. The molecular weight excluding hydrogens is 244 g/mol. The number of allylic oxidation sites excluding steroid dienone is 1. The van der Waals surface area contributed by atoms with E-state index < -0.39 is 0 Å². The van der Waals surface area contributed by atoms with Gasteiger partial charge in [0.25, 0.3) is 0 Å². The molecule has 0 bridgehead atoms. The van der Waals surface area contributed by atoms with Crippen LogP contribution in [0.2, 0.25) is 0 Å². The van der Waals surface area contributed by atoms with Gasteiger partial charge in [-0.25, -0.2) is 0 Å². The molecule has 1 unspecified atom stereocenters. The molecule has 2 nitrogen and oxygen atoms in total. The van der Waals surface area contributed by atoms with Crippen LogP contribution in [0.4, 0.5) is 0 Å². The molecule has 112 valence electrons. The smallest absolute Gasteiger partial charge is 0.00790 e. The summed E-state index contributed by atoms with van der Waals surface area (Å²) in [6, 6.07) is 7.31. The summed E-state index contributed by atoms with van der Waals surface area (Å²) >= 11 is 0. The van der Waals surface area contributed by atoms with E-state index in [0.29, 0.717) is 6.04 Å². The summed E-state index contributed by atoms with van der Waals surface area (Å²) in [6.45, 7) is 12.8. The van der Waals surface area contributed by atoms with Crippen molar-refractivity contribution in [2.75, 3.05) is 20.1 Å². The third-order valence-corrected chi connectivity index (χ3v) is 3.79. The molecule has 0 heterocycles. The number of rotatable bonds is 9. The van der Waals surface area contributed by atoms with Crippen LogP contribution >= 0.6 is 0 Å². The van der Waals surface area contributed by atoms with Crippen LogP contribution in [0.5, 0.6) is 0 Å². The quantitative estimate of drug-likeness (QED) is 0.673. The second-order valence-corrected chi connectivity index (χ2v) is 5.62. The monoisotopic (exact) mass is 274 g/mol. The molecule has 2 N–H and O–H groups in total. The summed E-state index contributed by atoms with van der Waals surface area (Å²) < 4.78 is 0. The lowest BCUT2D eigenvalue weighted by Gasteiger charge is -2.16. The van der Waals surface area contributed by atoms with Gasteiger partial charge in [-0.1, -0.05) is 37.3 Å². The van der Waals surface area contributed by atoms with Gasteiger partial charge in [0.2, 0.25) is 0 Å². The highest BCUT2D eigenvalue weighted by molar-refractivity contribution is 5.66. The molecule has 0 saturated heterocycles. The Bertz CT molecular complexity index is 423. The van der Waals surface area contributed by atoms with Crippen molar-refractivity contribution < 1.29 is 0 Å². The molecule has 0 spiro atoms. The van der Waals surface area contributed by atoms with Crippen LogP contribution < -0.4 is 10.6 Å². The SMILES string of the molecule is C=C(CC)c1cc(C)ccc1CCC(C)NCCNC. The Labute approximate surface area is 124 Å². The molecule has 0 aromatic heterocycles. The Balaban J connectivity index is 2.61. The normalized spacial score (nSPS) is 12.4. The molecule has 0 radical (unpaired) electrons. The number of likely N-dealkylation sites (N-methyl/N-ethyl adjacent to an activating group) is 1. The van der Waals surface area contributed by atoms with Crippen molar-refractivity contribution >= 4 is 5.57 Å². The highest BCUT2D eigenvalue weighted by Gasteiger charge is 2.08. The Morgan fingerprint density at radius 2 is 2.05 bits per heavy atom. The molecule has 1 atom stereocenters. The van der Waals surface area contributed by atoms with E-state index >= 15 is 0 Å². The lowest BCUT2D eigenvalue weighted by atomic mass is 9.93. The van der Waals surface area contributed by atoms with Gasteiger partial charge in [0.15, 0.2) is 0 Å². The summed E-state index contributed by atoms with van der Waals surface area (Å²) in [5.41, 5.74) is 5.36. The van der Waals surface area contributed by atoms with Crippen molar-refractivity contribution in [3.63, 3.8) is 0 Å². The van der Waals surface area contributed by atoms with E-state index in [9.17, 15) is 0 Å². The van der Waals surface area contributed by atoms with E-state index in [4.69, 9.17) is 0 Å². The van der Waals surface area contributed by atoms with Gasteiger partial charge < -0.3 is 10.6 Å². The molecule has 0 saturated carbocycles. The van der Waals surface area contributed by atoms with Gasteiger partial charge in [-0.05, 0) is 56.9 Å². The second kappa shape index (κ2) is 8.93. The highest BCUT2D eigenvalue weighted by Crippen LogP contribution is 2.23. The predicted molar refractivity (Wildman–Crippen MR) is 90.2 cm³/mol. The Kier molecular flexibility index (Phi) is 7.56. The van der Waals surface area contributed by atoms with Crippen LogP contribution in [-0.4, -0.2) is 26.2 Å². The van der Waals surface area contributed by atoms with Gasteiger partial charge in [0, 0.05) is 19.1 Å². The maximum atomic E-state index is 4.21. The number of nitrogens with one attached hydrogen (secondary N) is 2. The predicted octanol–water partition coefficient (Wildman–Crippen LogP) is 3.55. The van der Waals surface area contributed by atoms with Crippen LogP contribution in [0.25, 0.3) is 5.57 Å². The third-order valence-electron chi connectivity index (χ3n) is 3.79. The van der Waals surface area contributed by atoms with Gasteiger partial charge in [-0.15, -0.1) is 0 Å². The Hall–Kier alpha value is -1.12. The van der Waals surface area contributed by atoms with Crippen molar-refractivity contribution in [3.05, 3.63) is 41.5 Å². The summed E-state index contributed by atoms with van der Waals surface area (Å²) in [5, 5.41) is 6.70. The zero-order valence-corrected chi connectivity index (χ0v) is 13.6. The van der Waals surface area contributed by atoms with Crippen LogP contribution in [0.15, 0.2) is 24.8 Å². The first-order valence-corrected chi connectivity index (χ1v) is 7.74. The maximum Gasteiger partial charge on any atom is 0.00790 e. The molecule has 2 heteroatoms. The van der Waals surface area contributed by atoms with Crippen molar-refractivity contribution in [3.8, 4) is 0 Å². The van der Waals surface area contributed by atoms with Gasteiger partial charge in [0.1, 0.15) is 0 Å². The molecule has 0 aliphatic rings. The fraction of sp³-hybridized carbons (Fsp3) is 0.556. The second-order valence-electron chi connectivity index (χ2n) is 5.62. The molecule has 0 fully saturated rings. The minimum Gasteiger partial charge on any atom is -0.318 e. The van der Waals surface area contributed by atoms with Crippen molar-refractivity contribution in [1.82, 2.24) is 10.6 Å². The van der Waals surface area contributed by atoms with Crippen LogP contribution in [0.1, 0.15) is 43.4 Å². The summed E-state index contributed by atoms with van der Waals surface area (Å²) in [7, 11) is 1.99. The molecule has 0 aliphatic carbocycles. The highest BCUT2D eigenvalue weighted by atomic mass is 14.9. The van der Waals surface area contributed by atoms with Crippen molar-refractivity contribution in [2.24, 2.45) is 0 Å². The van der Waals surface area contributed by atoms with Crippen LogP contribution in [0, 0.1) is 6.92 Å². The zero-order chi connectivity index (χ0) is 15.0. The molecule has 1 aromatic carbocycles. The van der Waals surface area contributed by atoms with Gasteiger partial charge >= 0.3 is 0 Å². The summed E-state index contributed by atoms with van der Waals surface area (Å²) in [6.07, 6.45) is 3.30. The minimum atomic E-state index is 0.549. The van der Waals surface area contributed by atoms with E-state index in [1.165, 1.54) is 22.3 Å². The van der Waals surface area contributed by atoms with E-state index in [1.54, 1.807) is 0 Å². The maximum absolute atomic E-state index is 4.21. The van der Waals surface area contributed by atoms with Crippen molar-refractivity contribution in [1.29, 1.82) is 0 Å². The Morgan fingerprint density at radius 1 is 1.30 bits per heavy atom. The van der Waals surface area contributed by atoms with Crippen LogP contribution in [0.3, 0.4) is 0 Å². The number of aryl methyl sites for hydroxylation is 2. The number of hydrogen-bond acceptors (Lipinski definition) is 2. The number of hydrogen-bond donors (Lipinski definition) is 2. The third kappa shape index (κ3) is 5.48. The molecule has 0 amide bonds. The minimum absolute atomic E-state index is 0.549. The number of benzene rings is 1. The topological polar surface area (TPSA) is 24.1 Å². The molecule has 1 aromatic rings.